The Morgan fingerprint density at radius 1 is 0.297 bits per heavy atom. The summed E-state index contributed by atoms with van der Waals surface area (Å²) >= 11 is 0. The number of unbranched alkanes of at least 4 members (excludes halogenated alkanes) is 51. The lowest BCUT2D eigenvalue weighted by molar-refractivity contribution is 0.126. The molecule has 4 heteroatoms. The zero-order valence-electron chi connectivity index (χ0n) is 51.1. The monoisotopic (exact) mass is 1040 g/mol. The van der Waals surface area contributed by atoms with Crippen LogP contribution in [0.25, 0.3) is 0 Å². The summed E-state index contributed by atoms with van der Waals surface area (Å²) in [5.41, 5.74) is 1.33. The average molecular weight is 1040 g/mol. The van der Waals surface area contributed by atoms with E-state index in [9.17, 15) is 0 Å². The third-order valence-electron chi connectivity index (χ3n) is 17.0. The second-order valence-electron chi connectivity index (χ2n) is 24.2. The van der Waals surface area contributed by atoms with E-state index in [0.29, 0.717) is 6.04 Å². The van der Waals surface area contributed by atoms with Crippen molar-refractivity contribution in [3.05, 3.63) is 17.7 Å². The van der Waals surface area contributed by atoms with Gasteiger partial charge in [0.2, 0.25) is 5.75 Å². The van der Waals surface area contributed by atoms with E-state index in [2.05, 4.69) is 44.9 Å². The summed E-state index contributed by atoms with van der Waals surface area (Å²) in [5.74, 6) is 2.71. The zero-order chi connectivity index (χ0) is 52.7. The van der Waals surface area contributed by atoms with Gasteiger partial charge in [0.1, 0.15) is 0 Å². The van der Waals surface area contributed by atoms with Crippen molar-refractivity contribution in [1.29, 1.82) is 0 Å². The maximum Gasteiger partial charge on any atom is 0.203 e. The van der Waals surface area contributed by atoms with Gasteiger partial charge in [-0.3, -0.25) is 4.90 Å². The van der Waals surface area contributed by atoms with Crippen LogP contribution >= 0.6 is 0 Å². The fraction of sp³-hybridized carbons (Fsp3) is 0.914. The Balaban J connectivity index is 1.73. The van der Waals surface area contributed by atoms with Crippen LogP contribution in [0, 0.1) is 0 Å². The minimum Gasteiger partial charge on any atom is -0.490 e. The Kier molecular flexibility index (Phi) is 51.0. The predicted molar refractivity (Wildman–Crippen MR) is 329 cm³/mol. The number of likely N-dealkylation sites (tertiary alicyclic amines) is 1. The fourth-order valence-electron chi connectivity index (χ4n) is 11.6. The van der Waals surface area contributed by atoms with E-state index in [1.54, 1.807) is 0 Å². The molecule has 0 amide bonds. The van der Waals surface area contributed by atoms with Crippen molar-refractivity contribution in [1.82, 2.24) is 4.90 Å². The van der Waals surface area contributed by atoms with Gasteiger partial charge in [0, 0.05) is 12.6 Å². The first-order valence-corrected chi connectivity index (χ1v) is 34.5. The van der Waals surface area contributed by atoms with Crippen LogP contribution in [0.4, 0.5) is 0 Å². The van der Waals surface area contributed by atoms with Crippen LogP contribution in [-0.2, 0) is 0 Å². The van der Waals surface area contributed by atoms with Crippen LogP contribution in [0.1, 0.15) is 386 Å². The molecule has 0 radical (unpaired) electrons. The third-order valence-corrected chi connectivity index (χ3v) is 17.0. The summed E-state index contributed by atoms with van der Waals surface area (Å²) in [6.07, 6.45) is 76.7. The molecule has 1 aliphatic rings. The lowest BCUT2D eigenvalue weighted by Crippen LogP contribution is -2.37. The maximum absolute atomic E-state index is 6.73. The van der Waals surface area contributed by atoms with Gasteiger partial charge in [-0.1, -0.05) is 348 Å². The zero-order valence-corrected chi connectivity index (χ0v) is 51.1. The Morgan fingerprint density at radius 3 is 0.689 bits per heavy atom. The Hall–Kier alpha value is -1.42. The van der Waals surface area contributed by atoms with Crippen LogP contribution < -0.4 is 14.2 Å². The largest absolute Gasteiger partial charge is 0.490 e. The highest BCUT2D eigenvalue weighted by molar-refractivity contribution is 5.55. The molecule has 0 saturated carbocycles. The second-order valence-corrected chi connectivity index (χ2v) is 24.2. The SMILES string of the molecule is CCCCCCCCCCCCCCCCCCCCOc1cc(C2CCN2C)cc(OCCCCCCCCCCCCCCCCCCCC)c1OCCCCCCCCCCCCCCCCCCCC. The molecule has 2 rings (SSSR count). The van der Waals surface area contributed by atoms with Gasteiger partial charge in [0.15, 0.2) is 11.5 Å². The molecule has 0 aliphatic carbocycles. The molecule has 1 saturated heterocycles. The number of rotatable bonds is 61. The molecule has 1 atom stereocenters. The number of ether oxygens (including phenoxy) is 3. The lowest BCUT2D eigenvalue weighted by Gasteiger charge is -2.38. The smallest absolute Gasteiger partial charge is 0.203 e. The van der Waals surface area contributed by atoms with Gasteiger partial charge in [-0.2, -0.15) is 0 Å². The van der Waals surface area contributed by atoms with E-state index in [-0.39, 0.29) is 0 Å². The van der Waals surface area contributed by atoms with E-state index >= 15 is 0 Å². The number of hydrogen-bond donors (Lipinski definition) is 0. The van der Waals surface area contributed by atoms with Crippen molar-refractivity contribution in [3.8, 4) is 17.2 Å². The van der Waals surface area contributed by atoms with Crippen LogP contribution in [0.3, 0.4) is 0 Å². The molecule has 1 heterocycles. The molecule has 0 N–H and O–H groups in total. The van der Waals surface area contributed by atoms with Gasteiger partial charge >= 0.3 is 0 Å². The third kappa shape index (κ3) is 41.6. The molecule has 1 fully saturated rings. The minimum absolute atomic E-state index is 0.443. The topological polar surface area (TPSA) is 30.9 Å². The van der Waals surface area contributed by atoms with Crippen LogP contribution in [0.5, 0.6) is 17.2 Å². The van der Waals surface area contributed by atoms with Gasteiger partial charge in [0.25, 0.3) is 0 Å². The second kappa shape index (κ2) is 54.9. The van der Waals surface area contributed by atoms with Crippen LogP contribution in [-0.4, -0.2) is 38.3 Å². The average Bonchev–Trinajstić information content (AvgIpc) is 3.40. The lowest BCUT2D eigenvalue weighted by atomic mass is 9.95. The van der Waals surface area contributed by atoms with E-state index in [1.165, 1.54) is 339 Å². The van der Waals surface area contributed by atoms with Crippen molar-refractivity contribution in [2.24, 2.45) is 0 Å². The fourth-order valence-corrected chi connectivity index (χ4v) is 11.6. The summed E-state index contributed by atoms with van der Waals surface area (Å²) in [6, 6.07) is 5.06. The van der Waals surface area contributed by atoms with E-state index < -0.39 is 0 Å². The summed E-state index contributed by atoms with van der Waals surface area (Å²) in [4.78, 5) is 2.47. The molecule has 1 unspecified atom stereocenters. The first kappa shape index (κ1) is 68.7. The van der Waals surface area contributed by atoms with Crippen molar-refractivity contribution >= 4 is 0 Å². The van der Waals surface area contributed by atoms with Gasteiger partial charge in [-0.25, -0.2) is 0 Å². The van der Waals surface area contributed by atoms with E-state index in [1.807, 2.05) is 0 Å². The molecule has 4 nitrogen and oxygen atoms in total. The van der Waals surface area contributed by atoms with E-state index in [0.717, 1.165) is 62.9 Å². The summed E-state index contributed by atoms with van der Waals surface area (Å²) in [5, 5.41) is 0. The molecule has 0 spiro atoms. The van der Waals surface area contributed by atoms with Crippen molar-refractivity contribution in [2.45, 2.75) is 380 Å². The van der Waals surface area contributed by atoms with Gasteiger partial charge in [-0.05, 0) is 50.4 Å². The quantitative estimate of drug-likeness (QED) is 0.0609. The van der Waals surface area contributed by atoms with Crippen molar-refractivity contribution in [2.75, 3.05) is 33.4 Å². The molecule has 1 aliphatic heterocycles. The molecule has 1 aromatic carbocycles. The first-order valence-electron chi connectivity index (χ1n) is 34.5. The standard InChI is InChI=1S/C70H133NO3/c1-5-8-11-14-17-20-23-26-29-32-35-38-41-44-47-50-53-56-61-72-68-64-66(67-59-60-71(67)4)65-69(73-62-57-54-51-48-45-42-39-36-33-30-27-24-21-18-15-12-9-6-2)70(68)74-63-58-55-52-49-46-43-40-37-34-31-28-25-22-19-16-13-10-7-3/h64-65,67H,5-63H2,1-4H3. The predicted octanol–water partition coefficient (Wildman–Crippen LogP) is 24.3. The molecular formula is C70H133NO3. The number of benzene rings is 1. The van der Waals surface area contributed by atoms with Gasteiger partial charge < -0.3 is 14.2 Å². The Bertz CT molecular complexity index is 1200. The molecule has 1 aromatic rings. The molecule has 74 heavy (non-hydrogen) atoms. The molecule has 436 valence electrons. The van der Waals surface area contributed by atoms with Crippen LogP contribution in [0.2, 0.25) is 0 Å². The summed E-state index contributed by atoms with van der Waals surface area (Å²) < 4.78 is 20.2. The minimum atomic E-state index is 0.443. The highest BCUT2D eigenvalue weighted by Crippen LogP contribution is 2.44. The first-order chi connectivity index (χ1) is 36.7. The molecule has 0 bridgehead atoms. The number of hydrogen-bond acceptors (Lipinski definition) is 4. The molecule has 0 aromatic heterocycles. The highest BCUT2D eigenvalue weighted by Gasteiger charge is 2.28. The summed E-state index contributed by atoms with van der Waals surface area (Å²) in [7, 11) is 2.26. The van der Waals surface area contributed by atoms with E-state index in [4.69, 9.17) is 14.2 Å². The summed E-state index contributed by atoms with van der Waals surface area (Å²) in [6.45, 7) is 10.4. The maximum atomic E-state index is 6.73. The highest BCUT2D eigenvalue weighted by atomic mass is 16.5. The van der Waals surface area contributed by atoms with Gasteiger partial charge in [0.05, 0.1) is 19.8 Å². The Labute approximate surface area is 465 Å². The Morgan fingerprint density at radius 2 is 0.500 bits per heavy atom. The molecular weight excluding hydrogens is 903 g/mol. The normalized spacial score (nSPS) is 13.8. The van der Waals surface area contributed by atoms with Crippen molar-refractivity contribution < 1.29 is 14.2 Å². The van der Waals surface area contributed by atoms with Crippen LogP contribution in [0.15, 0.2) is 12.1 Å². The van der Waals surface area contributed by atoms with Crippen molar-refractivity contribution in [3.63, 3.8) is 0 Å². The number of nitrogens with zero attached hydrogens (tertiary/aromatic N) is 1. The van der Waals surface area contributed by atoms with Gasteiger partial charge in [-0.15, -0.1) is 0 Å².